The minimum atomic E-state index is 0.238. The number of methoxy groups -OCH3 is 1. The fourth-order valence-electron chi connectivity index (χ4n) is 3.50. The van der Waals surface area contributed by atoms with Gasteiger partial charge in [0.15, 0.2) is 0 Å². The van der Waals surface area contributed by atoms with Crippen molar-refractivity contribution in [3.05, 3.63) is 77.8 Å². The van der Waals surface area contributed by atoms with E-state index in [1.54, 1.807) is 7.11 Å². The molecule has 1 fully saturated rings. The lowest BCUT2D eigenvalue weighted by Crippen LogP contribution is -2.23. The van der Waals surface area contributed by atoms with Crippen molar-refractivity contribution in [1.29, 1.82) is 0 Å². The normalized spacial score (nSPS) is 17.5. The van der Waals surface area contributed by atoms with Gasteiger partial charge in [-0.15, -0.1) is 0 Å². The summed E-state index contributed by atoms with van der Waals surface area (Å²) in [6, 6.07) is 14.3. The van der Waals surface area contributed by atoms with Gasteiger partial charge in [-0.25, -0.2) is 4.98 Å². The number of pyridine rings is 1. The third-order valence-corrected chi connectivity index (χ3v) is 4.85. The molecule has 0 saturated carbocycles. The van der Waals surface area contributed by atoms with E-state index in [-0.39, 0.29) is 6.04 Å². The Morgan fingerprint density at radius 2 is 2.04 bits per heavy atom. The van der Waals surface area contributed by atoms with Crippen molar-refractivity contribution in [2.75, 3.05) is 13.7 Å². The molecule has 3 heterocycles. The molecule has 0 amide bonds. The van der Waals surface area contributed by atoms with Gasteiger partial charge in [0.25, 0.3) is 0 Å². The van der Waals surface area contributed by atoms with E-state index in [2.05, 4.69) is 33.1 Å². The molecular formula is C21H23N3O2. The van der Waals surface area contributed by atoms with Crippen molar-refractivity contribution in [3.8, 4) is 5.75 Å². The Kier molecular flexibility index (Phi) is 4.97. The summed E-state index contributed by atoms with van der Waals surface area (Å²) < 4.78 is 11.3. The average Bonchev–Trinajstić information content (AvgIpc) is 3.32. The number of rotatable bonds is 6. The van der Waals surface area contributed by atoms with Crippen molar-refractivity contribution in [1.82, 2.24) is 14.9 Å². The highest BCUT2D eigenvalue weighted by molar-refractivity contribution is 5.29. The zero-order valence-electron chi connectivity index (χ0n) is 15.0. The second-order valence-corrected chi connectivity index (χ2v) is 6.64. The predicted octanol–water partition coefficient (Wildman–Crippen LogP) is 4.01. The molecule has 0 spiro atoms. The summed E-state index contributed by atoms with van der Waals surface area (Å²) in [5, 5.41) is 0. The van der Waals surface area contributed by atoms with Crippen LogP contribution in [0.25, 0.3) is 0 Å². The van der Waals surface area contributed by atoms with Crippen molar-refractivity contribution in [2.45, 2.75) is 31.8 Å². The number of aromatic nitrogens is 2. The zero-order valence-corrected chi connectivity index (χ0v) is 15.0. The van der Waals surface area contributed by atoms with Crippen molar-refractivity contribution < 1.29 is 9.15 Å². The van der Waals surface area contributed by atoms with Gasteiger partial charge in [0.05, 0.1) is 25.0 Å². The zero-order chi connectivity index (χ0) is 17.8. The number of hydrogen-bond donors (Lipinski definition) is 0. The maximum atomic E-state index is 6.09. The summed E-state index contributed by atoms with van der Waals surface area (Å²) in [4.78, 5) is 11.4. The quantitative estimate of drug-likeness (QED) is 0.673. The van der Waals surface area contributed by atoms with Crippen LogP contribution in [0.5, 0.6) is 5.75 Å². The third kappa shape index (κ3) is 3.78. The molecule has 1 aliphatic rings. The van der Waals surface area contributed by atoms with E-state index in [0.29, 0.717) is 0 Å². The van der Waals surface area contributed by atoms with Gasteiger partial charge in [0.2, 0.25) is 5.89 Å². The molecule has 1 aliphatic heterocycles. The molecule has 0 N–H and O–H groups in total. The van der Waals surface area contributed by atoms with E-state index in [4.69, 9.17) is 9.15 Å². The first kappa shape index (κ1) is 16.8. The van der Waals surface area contributed by atoms with E-state index in [1.807, 2.05) is 36.7 Å². The Labute approximate surface area is 153 Å². The Bertz CT molecular complexity index is 830. The van der Waals surface area contributed by atoms with Crippen LogP contribution in [0, 0.1) is 0 Å². The number of oxazole rings is 1. The molecule has 5 nitrogen and oxygen atoms in total. The fraction of sp³-hybridized carbons (Fsp3) is 0.333. The number of ether oxygens (including phenoxy) is 1. The lowest BCUT2D eigenvalue weighted by molar-refractivity contribution is 0.210. The molecule has 2 aromatic heterocycles. The maximum absolute atomic E-state index is 6.09. The van der Waals surface area contributed by atoms with E-state index < -0.39 is 0 Å². The molecule has 5 heteroatoms. The first-order valence-electron chi connectivity index (χ1n) is 9.03. The van der Waals surface area contributed by atoms with Crippen LogP contribution in [0.4, 0.5) is 0 Å². The van der Waals surface area contributed by atoms with E-state index in [9.17, 15) is 0 Å². The molecule has 0 bridgehead atoms. The van der Waals surface area contributed by atoms with Gasteiger partial charge in [0.1, 0.15) is 11.5 Å². The largest absolute Gasteiger partial charge is 0.497 e. The van der Waals surface area contributed by atoms with E-state index in [1.165, 1.54) is 5.56 Å². The van der Waals surface area contributed by atoms with Gasteiger partial charge in [-0.05, 0) is 49.2 Å². The Balaban J connectivity index is 1.44. The van der Waals surface area contributed by atoms with Crippen LogP contribution in [0.15, 0.2) is 59.3 Å². The second-order valence-electron chi connectivity index (χ2n) is 6.64. The summed E-state index contributed by atoms with van der Waals surface area (Å²) >= 11 is 0. The standard InChI is InChI=1S/C21H23N3O2/c1-25-18-9-7-16(8-10-18)13-19-14-23-21(26-19)20-6-4-12-24(20)15-17-5-2-3-11-22-17/h2-3,5,7-11,14,20H,4,6,12-13,15H2,1H3/t20-/m0/s1. The SMILES string of the molecule is COc1ccc(Cc2cnc([C@@H]3CCCN3Cc3ccccn3)o2)cc1. The molecule has 134 valence electrons. The smallest absolute Gasteiger partial charge is 0.211 e. The van der Waals surface area contributed by atoms with Crippen LogP contribution >= 0.6 is 0 Å². The highest BCUT2D eigenvalue weighted by Gasteiger charge is 2.30. The molecule has 3 aromatic rings. The lowest BCUT2D eigenvalue weighted by atomic mass is 10.1. The summed E-state index contributed by atoms with van der Waals surface area (Å²) in [5.74, 6) is 2.58. The van der Waals surface area contributed by atoms with Crippen molar-refractivity contribution in [3.63, 3.8) is 0 Å². The highest BCUT2D eigenvalue weighted by Crippen LogP contribution is 2.32. The summed E-state index contributed by atoms with van der Waals surface area (Å²) in [6.07, 6.45) is 6.68. The third-order valence-electron chi connectivity index (χ3n) is 4.85. The topological polar surface area (TPSA) is 51.4 Å². The molecule has 26 heavy (non-hydrogen) atoms. The number of likely N-dealkylation sites (tertiary alicyclic amines) is 1. The monoisotopic (exact) mass is 349 g/mol. The molecule has 1 saturated heterocycles. The van der Waals surface area contributed by atoms with Gasteiger partial charge >= 0.3 is 0 Å². The minimum absolute atomic E-state index is 0.238. The summed E-state index contributed by atoms with van der Waals surface area (Å²) in [6.45, 7) is 1.89. The van der Waals surface area contributed by atoms with Gasteiger partial charge in [-0.2, -0.15) is 0 Å². The van der Waals surface area contributed by atoms with Crippen LogP contribution in [0.1, 0.15) is 41.8 Å². The number of hydrogen-bond acceptors (Lipinski definition) is 5. The van der Waals surface area contributed by atoms with Crippen LogP contribution < -0.4 is 4.74 Å². The first-order valence-corrected chi connectivity index (χ1v) is 9.03. The molecule has 0 unspecified atom stereocenters. The predicted molar refractivity (Wildman–Crippen MR) is 98.9 cm³/mol. The van der Waals surface area contributed by atoms with Crippen molar-refractivity contribution >= 4 is 0 Å². The maximum Gasteiger partial charge on any atom is 0.211 e. The van der Waals surface area contributed by atoms with E-state index >= 15 is 0 Å². The lowest BCUT2D eigenvalue weighted by Gasteiger charge is -2.21. The van der Waals surface area contributed by atoms with Crippen LogP contribution in [-0.4, -0.2) is 28.5 Å². The van der Waals surface area contributed by atoms with Crippen LogP contribution in [0.2, 0.25) is 0 Å². The first-order chi connectivity index (χ1) is 12.8. The van der Waals surface area contributed by atoms with Gasteiger partial charge in [-0.3, -0.25) is 9.88 Å². The summed E-state index contributed by atoms with van der Waals surface area (Å²) in [7, 11) is 1.68. The molecular weight excluding hydrogens is 326 g/mol. The molecule has 4 rings (SSSR count). The number of benzene rings is 1. The van der Waals surface area contributed by atoms with Gasteiger partial charge in [-0.1, -0.05) is 18.2 Å². The highest BCUT2D eigenvalue weighted by atomic mass is 16.5. The van der Waals surface area contributed by atoms with Gasteiger partial charge < -0.3 is 9.15 Å². The van der Waals surface area contributed by atoms with Gasteiger partial charge in [0, 0.05) is 19.2 Å². The fourth-order valence-corrected chi connectivity index (χ4v) is 3.50. The molecule has 0 radical (unpaired) electrons. The van der Waals surface area contributed by atoms with Crippen molar-refractivity contribution in [2.24, 2.45) is 0 Å². The Morgan fingerprint density at radius 3 is 2.81 bits per heavy atom. The Morgan fingerprint density at radius 1 is 1.15 bits per heavy atom. The molecule has 1 atom stereocenters. The minimum Gasteiger partial charge on any atom is -0.497 e. The number of nitrogens with zero attached hydrogens (tertiary/aromatic N) is 3. The van der Waals surface area contributed by atoms with E-state index in [0.717, 1.165) is 55.4 Å². The van der Waals surface area contributed by atoms with Crippen LogP contribution in [0.3, 0.4) is 0 Å². The summed E-state index contributed by atoms with van der Waals surface area (Å²) in [5.41, 5.74) is 2.27. The molecule has 0 aliphatic carbocycles. The molecule has 1 aromatic carbocycles. The van der Waals surface area contributed by atoms with Crippen LogP contribution in [-0.2, 0) is 13.0 Å². The average molecular weight is 349 g/mol. The Hall–Kier alpha value is -2.66. The second kappa shape index (κ2) is 7.70.